The molecule has 1 aromatic carbocycles. The van der Waals surface area contributed by atoms with Gasteiger partial charge in [0.2, 0.25) is 0 Å². The van der Waals surface area contributed by atoms with Crippen LogP contribution in [0.4, 0.5) is 0 Å². The number of hydrogen-bond acceptors (Lipinski definition) is 2. The number of benzene rings is 1. The first-order valence-corrected chi connectivity index (χ1v) is 7.92. The Balaban J connectivity index is 2.07. The summed E-state index contributed by atoms with van der Waals surface area (Å²) in [4.78, 5) is 1.36. The lowest BCUT2D eigenvalue weighted by Gasteiger charge is -2.21. The fraction of sp³-hybridized carbons (Fsp3) is 0.333. The second-order valence-corrected chi connectivity index (χ2v) is 6.68. The van der Waals surface area contributed by atoms with E-state index in [0.717, 1.165) is 12.1 Å². The third-order valence-corrected chi connectivity index (χ3v) is 4.59. The van der Waals surface area contributed by atoms with Crippen molar-refractivity contribution in [3.05, 3.63) is 56.2 Å². The molecule has 0 saturated heterocycles. The Kier molecular flexibility index (Phi) is 5.28. The van der Waals surface area contributed by atoms with Crippen LogP contribution in [0, 0.1) is 5.92 Å². The van der Waals surface area contributed by atoms with E-state index in [4.69, 9.17) is 23.2 Å². The van der Waals surface area contributed by atoms with E-state index in [-0.39, 0.29) is 0 Å². The van der Waals surface area contributed by atoms with E-state index >= 15 is 0 Å². The van der Waals surface area contributed by atoms with Crippen molar-refractivity contribution >= 4 is 34.5 Å². The zero-order chi connectivity index (χ0) is 13.8. The Hall–Kier alpha value is -0.540. The van der Waals surface area contributed by atoms with Gasteiger partial charge >= 0.3 is 0 Å². The molecular weight excluding hydrogens is 297 g/mol. The second kappa shape index (κ2) is 6.76. The Labute approximate surface area is 128 Å². The summed E-state index contributed by atoms with van der Waals surface area (Å²) in [6.07, 6.45) is 0. The van der Waals surface area contributed by atoms with Gasteiger partial charge in [-0.05, 0) is 35.1 Å². The van der Waals surface area contributed by atoms with Gasteiger partial charge in [-0.3, -0.25) is 0 Å². The van der Waals surface area contributed by atoms with E-state index in [9.17, 15) is 0 Å². The van der Waals surface area contributed by atoms with Crippen LogP contribution in [0.2, 0.25) is 10.0 Å². The molecule has 0 amide bonds. The fourth-order valence-electron chi connectivity index (χ4n) is 2.02. The average molecular weight is 314 g/mol. The molecule has 0 radical (unpaired) electrons. The third-order valence-electron chi connectivity index (χ3n) is 3.04. The fourth-order valence-corrected chi connectivity index (χ4v) is 3.47. The predicted molar refractivity (Wildman–Crippen MR) is 85.2 cm³/mol. The van der Waals surface area contributed by atoms with Crippen LogP contribution in [0.15, 0.2) is 35.7 Å². The van der Waals surface area contributed by atoms with E-state index < -0.39 is 0 Å². The molecular formula is C15H17Cl2NS. The van der Waals surface area contributed by atoms with Gasteiger partial charge in [-0.25, -0.2) is 0 Å². The minimum absolute atomic E-state index is 0.353. The highest BCUT2D eigenvalue weighted by atomic mass is 35.5. The predicted octanol–water partition coefficient (Wildman–Crippen LogP) is 5.54. The molecule has 1 N–H and O–H groups in total. The lowest BCUT2D eigenvalue weighted by molar-refractivity contribution is 0.416. The normalized spacial score (nSPS) is 12.9. The maximum Gasteiger partial charge on any atom is 0.0465 e. The van der Waals surface area contributed by atoms with Gasteiger partial charge in [0.1, 0.15) is 0 Å². The van der Waals surface area contributed by atoms with Gasteiger partial charge in [0.25, 0.3) is 0 Å². The molecule has 1 atom stereocenters. The van der Waals surface area contributed by atoms with Crippen molar-refractivity contribution in [1.82, 2.24) is 5.32 Å². The van der Waals surface area contributed by atoms with Crippen LogP contribution in [0.3, 0.4) is 0 Å². The zero-order valence-electron chi connectivity index (χ0n) is 11.0. The summed E-state index contributed by atoms with van der Waals surface area (Å²) in [7, 11) is 0. The molecule has 1 heterocycles. The maximum absolute atomic E-state index is 6.20. The van der Waals surface area contributed by atoms with Crippen molar-refractivity contribution in [3.63, 3.8) is 0 Å². The van der Waals surface area contributed by atoms with Gasteiger partial charge in [-0.1, -0.05) is 49.2 Å². The average Bonchev–Trinajstić information content (AvgIpc) is 2.85. The van der Waals surface area contributed by atoms with Crippen molar-refractivity contribution in [2.24, 2.45) is 5.92 Å². The quantitative estimate of drug-likeness (QED) is 0.764. The van der Waals surface area contributed by atoms with Gasteiger partial charge in [-0.15, -0.1) is 11.3 Å². The Morgan fingerprint density at radius 2 is 2.00 bits per heavy atom. The molecule has 19 heavy (non-hydrogen) atoms. The Morgan fingerprint density at radius 3 is 2.58 bits per heavy atom. The minimum atomic E-state index is 0.353. The molecule has 1 unspecified atom stereocenters. The molecule has 0 aliphatic rings. The van der Waals surface area contributed by atoms with E-state index in [1.54, 1.807) is 17.4 Å². The Morgan fingerprint density at radius 1 is 1.21 bits per heavy atom. The first-order valence-electron chi connectivity index (χ1n) is 6.28. The molecule has 0 aliphatic heterocycles. The summed E-state index contributed by atoms with van der Waals surface area (Å²) >= 11 is 13.9. The van der Waals surface area contributed by atoms with Crippen LogP contribution in [0.1, 0.15) is 30.3 Å². The van der Waals surface area contributed by atoms with E-state index in [0.29, 0.717) is 22.0 Å². The molecule has 0 fully saturated rings. The largest absolute Gasteiger partial charge is 0.305 e. The lowest BCUT2D eigenvalue weighted by atomic mass is 10.0. The summed E-state index contributed by atoms with van der Waals surface area (Å²) < 4.78 is 0. The number of rotatable bonds is 5. The molecule has 0 aliphatic carbocycles. The van der Waals surface area contributed by atoms with Crippen molar-refractivity contribution < 1.29 is 0 Å². The van der Waals surface area contributed by atoms with Gasteiger partial charge in [0.15, 0.2) is 0 Å². The summed E-state index contributed by atoms with van der Waals surface area (Å²) in [6, 6.07) is 10.3. The van der Waals surface area contributed by atoms with Crippen molar-refractivity contribution in [1.29, 1.82) is 0 Å². The molecule has 1 aromatic heterocycles. The minimum Gasteiger partial charge on any atom is -0.305 e. The van der Waals surface area contributed by atoms with Crippen LogP contribution in [0.25, 0.3) is 0 Å². The van der Waals surface area contributed by atoms with Gasteiger partial charge in [-0.2, -0.15) is 0 Å². The molecule has 102 valence electrons. The molecule has 2 aromatic rings. The van der Waals surface area contributed by atoms with Gasteiger partial charge in [0, 0.05) is 27.5 Å². The topological polar surface area (TPSA) is 12.0 Å². The molecule has 4 heteroatoms. The smallest absolute Gasteiger partial charge is 0.0465 e. The SMILES string of the molecule is CC(C)C(NCc1ccc(Cl)cc1Cl)c1cccs1. The number of thiophene rings is 1. The monoisotopic (exact) mass is 313 g/mol. The summed E-state index contributed by atoms with van der Waals surface area (Å²) in [5, 5.41) is 7.08. The van der Waals surface area contributed by atoms with Crippen molar-refractivity contribution in [2.45, 2.75) is 26.4 Å². The third kappa shape index (κ3) is 3.96. The first kappa shape index (κ1) is 14.9. The summed E-state index contributed by atoms with van der Waals surface area (Å²) in [5.74, 6) is 0.532. The van der Waals surface area contributed by atoms with Crippen LogP contribution in [-0.2, 0) is 6.54 Å². The lowest BCUT2D eigenvalue weighted by Crippen LogP contribution is -2.24. The molecule has 2 rings (SSSR count). The molecule has 1 nitrogen and oxygen atoms in total. The van der Waals surface area contributed by atoms with Crippen LogP contribution >= 0.6 is 34.5 Å². The van der Waals surface area contributed by atoms with Gasteiger partial charge < -0.3 is 5.32 Å². The van der Waals surface area contributed by atoms with E-state index in [2.05, 4.69) is 36.7 Å². The highest BCUT2D eigenvalue weighted by Crippen LogP contribution is 2.27. The van der Waals surface area contributed by atoms with E-state index in [1.165, 1.54) is 4.88 Å². The van der Waals surface area contributed by atoms with Crippen LogP contribution in [0.5, 0.6) is 0 Å². The highest BCUT2D eigenvalue weighted by molar-refractivity contribution is 7.10. The standard InChI is InChI=1S/C15H17Cl2NS/c1-10(2)15(14-4-3-7-19-14)18-9-11-5-6-12(16)8-13(11)17/h3-8,10,15,18H,9H2,1-2H3. The second-order valence-electron chi connectivity index (χ2n) is 4.85. The maximum atomic E-state index is 6.20. The molecule has 0 bridgehead atoms. The Bertz CT molecular complexity index is 523. The molecule has 0 spiro atoms. The highest BCUT2D eigenvalue weighted by Gasteiger charge is 2.16. The van der Waals surface area contributed by atoms with Gasteiger partial charge in [0.05, 0.1) is 0 Å². The molecule has 0 saturated carbocycles. The van der Waals surface area contributed by atoms with Crippen LogP contribution in [-0.4, -0.2) is 0 Å². The summed E-state index contributed by atoms with van der Waals surface area (Å²) in [6.45, 7) is 5.19. The van der Waals surface area contributed by atoms with Crippen molar-refractivity contribution in [2.75, 3.05) is 0 Å². The zero-order valence-corrected chi connectivity index (χ0v) is 13.3. The van der Waals surface area contributed by atoms with Crippen molar-refractivity contribution in [3.8, 4) is 0 Å². The van der Waals surface area contributed by atoms with E-state index in [1.807, 2.05) is 12.1 Å². The number of hydrogen-bond donors (Lipinski definition) is 1. The summed E-state index contributed by atoms with van der Waals surface area (Å²) in [5.41, 5.74) is 1.08. The number of nitrogens with one attached hydrogen (secondary N) is 1. The van der Waals surface area contributed by atoms with Crippen LogP contribution < -0.4 is 5.32 Å². The first-order chi connectivity index (χ1) is 9.08. The number of halogens is 2.